The van der Waals surface area contributed by atoms with Gasteiger partial charge in [0.2, 0.25) is 41.4 Å². The lowest BCUT2D eigenvalue weighted by Crippen LogP contribution is -2.52. The molecule has 4 aromatic rings. The van der Waals surface area contributed by atoms with E-state index in [9.17, 15) is 63.0 Å². The highest BCUT2D eigenvalue weighted by Gasteiger charge is 2.46. The molecule has 1 aliphatic carbocycles. The Morgan fingerprint density at radius 1 is 0.586 bits per heavy atom. The molecule has 9 amide bonds. The highest BCUT2D eigenvalue weighted by Crippen LogP contribution is 2.46. The van der Waals surface area contributed by atoms with E-state index in [4.69, 9.17) is 71.3 Å². The molecule has 3 aliphatic heterocycles. The number of cyclic esters (lactones) is 1. The summed E-state index contributed by atoms with van der Waals surface area (Å²) in [5, 5.41) is 41.1. The third-order valence-electron chi connectivity index (χ3n) is 18.8. The van der Waals surface area contributed by atoms with Crippen molar-refractivity contribution in [1.82, 2.24) is 51.7 Å². The molecule has 4 aliphatic rings. The number of carbonyl (C=O) groups excluding carboxylic acids is 10. The maximum Gasteiger partial charge on any atom is 0.343 e. The monoisotopic (exact) mass is 1630 g/mol. The first-order valence-corrected chi connectivity index (χ1v) is 38.8. The molecule has 0 radical (unpaired) electrons. The fraction of sp³-hybridized carbons (Fsp3) is 0.590. The summed E-state index contributed by atoms with van der Waals surface area (Å²) in [6.07, 6.45) is 1.21. The summed E-state index contributed by atoms with van der Waals surface area (Å²) < 4.78 is 93.5. The van der Waals surface area contributed by atoms with Crippen LogP contribution in [0.5, 0.6) is 0 Å². The number of hydrogen-bond donors (Lipinski definition) is 9. The molecule has 0 saturated carbocycles. The van der Waals surface area contributed by atoms with Crippen LogP contribution in [-0.2, 0) is 146 Å². The number of esters is 1. The topological polar surface area (TPSA) is 463 Å². The number of rotatable bonds is 60. The first kappa shape index (κ1) is 92.3. The number of carbonyl (C=O) groups is 10. The second kappa shape index (κ2) is 50.4. The molecule has 8 rings (SSSR count). The highest BCUT2D eigenvalue weighted by molar-refractivity contribution is 6.13. The van der Waals surface area contributed by atoms with Crippen molar-refractivity contribution in [2.75, 3.05) is 205 Å². The Labute approximate surface area is 669 Å². The van der Waals surface area contributed by atoms with Crippen LogP contribution in [0.4, 0.5) is 4.39 Å². The number of halogens is 1. The summed E-state index contributed by atoms with van der Waals surface area (Å²) in [4.78, 5) is 146. The maximum absolute atomic E-state index is 15.4. The average molecular weight is 1640 g/mol. The number of imide groups is 1. The first-order valence-electron chi connectivity index (χ1n) is 38.8. The summed E-state index contributed by atoms with van der Waals surface area (Å²) in [5.74, 6) is -6.46. The molecule has 0 fully saturated rings. The van der Waals surface area contributed by atoms with Crippen molar-refractivity contribution in [3.05, 3.63) is 110 Å². The number of aliphatic hydroxyl groups is 2. The van der Waals surface area contributed by atoms with Gasteiger partial charge in [-0.05, 0) is 54.5 Å². The number of aromatic nitrogens is 2. The zero-order valence-corrected chi connectivity index (χ0v) is 65.5. The molecule has 5 heterocycles. The summed E-state index contributed by atoms with van der Waals surface area (Å²) >= 11 is 0. The third kappa shape index (κ3) is 29.7. The van der Waals surface area contributed by atoms with Gasteiger partial charge in [-0.3, -0.25) is 52.8 Å². The van der Waals surface area contributed by atoms with Gasteiger partial charge in [-0.2, -0.15) is 0 Å². The number of aryl methyl sites for hydroxylation is 1. The predicted molar refractivity (Wildman–Crippen MR) is 407 cm³/mol. The van der Waals surface area contributed by atoms with Crippen molar-refractivity contribution in [2.24, 2.45) is 0 Å². The summed E-state index contributed by atoms with van der Waals surface area (Å²) in [5.41, 5.74) is 1.56. The standard InChI is InChI=1S/C78H107FN10O27/c1-3-78(102)57-44-62-73-55(49-89(62)76(100)56(57)50-116-77(78)101)72-59(10-9-54-52(2)58(79)45-60(86-73)71(54)72)87-75(99)63(90)14-18-115-51-84-67(94)47-83-74(98)61(43-53-7-5-4-6-8-53)85-68(95)48-82-66(93)46-81-65(92)15-19-103-21-23-105-25-27-107-29-31-109-33-35-111-37-39-113-41-42-114-40-38-112-36-34-110-32-30-108-28-26-106-24-22-104-20-16-80-64(91)13-17-88-69(96)11-12-70(88)97/h4-8,11-12,44-45,59,61,63,90,102H,3,9-10,13-43,46-51H2,1-2H3,(H,80,91)(H,81,92)(H,82,93)(H,83,98)(H,84,94)(H,85,95)(H,87,99)/t59-,61-,63+,78-/m0/s1. The molecule has 0 bridgehead atoms. The van der Waals surface area contributed by atoms with Crippen molar-refractivity contribution >= 4 is 70.0 Å². The number of hydrogen-bond acceptors (Lipinski definition) is 28. The number of aliphatic hydroxyl groups excluding tert-OH is 1. The molecule has 2 aromatic heterocycles. The Balaban J connectivity index is 0.560. The molecule has 116 heavy (non-hydrogen) atoms. The molecule has 0 saturated heterocycles. The zero-order chi connectivity index (χ0) is 82.9. The van der Waals surface area contributed by atoms with E-state index >= 15 is 4.39 Å². The minimum Gasteiger partial charge on any atom is -0.458 e. The fourth-order valence-electron chi connectivity index (χ4n) is 12.6. The Hall–Kier alpha value is -9.23. The second-order valence-corrected chi connectivity index (χ2v) is 26.8. The van der Waals surface area contributed by atoms with Crippen LogP contribution in [0, 0.1) is 12.7 Å². The summed E-state index contributed by atoms with van der Waals surface area (Å²) in [6.45, 7) is 10.0. The molecule has 638 valence electrons. The van der Waals surface area contributed by atoms with Crippen molar-refractivity contribution in [1.29, 1.82) is 0 Å². The molecule has 0 spiro atoms. The predicted octanol–water partition coefficient (Wildman–Crippen LogP) is -1.43. The van der Waals surface area contributed by atoms with Crippen molar-refractivity contribution in [2.45, 2.75) is 95.7 Å². The van der Waals surface area contributed by atoms with Crippen molar-refractivity contribution in [3.8, 4) is 11.4 Å². The second-order valence-electron chi connectivity index (χ2n) is 26.8. The Bertz CT molecular complexity index is 3990. The Morgan fingerprint density at radius 2 is 1.09 bits per heavy atom. The lowest BCUT2D eigenvalue weighted by molar-refractivity contribution is -0.172. The van der Waals surface area contributed by atoms with Crippen molar-refractivity contribution in [3.63, 3.8) is 0 Å². The van der Waals surface area contributed by atoms with E-state index in [0.29, 0.717) is 203 Å². The number of nitrogens with zero attached hydrogens (tertiary/aromatic N) is 3. The van der Waals surface area contributed by atoms with Crippen LogP contribution in [0.25, 0.3) is 22.3 Å². The van der Waals surface area contributed by atoms with Crippen LogP contribution in [-0.4, -0.2) is 301 Å². The van der Waals surface area contributed by atoms with Crippen LogP contribution in [0.1, 0.15) is 84.0 Å². The maximum atomic E-state index is 15.4. The van der Waals surface area contributed by atoms with Gasteiger partial charge in [0.15, 0.2) is 5.60 Å². The Morgan fingerprint density at radius 3 is 1.66 bits per heavy atom. The van der Waals surface area contributed by atoms with E-state index in [0.717, 1.165) is 4.90 Å². The lowest BCUT2D eigenvalue weighted by Gasteiger charge is -2.31. The number of pyridine rings is 2. The number of nitrogens with one attached hydrogen (secondary N) is 7. The molecule has 0 unspecified atom stereocenters. The van der Waals surface area contributed by atoms with Gasteiger partial charge in [0.25, 0.3) is 17.4 Å². The lowest BCUT2D eigenvalue weighted by atomic mass is 9.81. The minimum atomic E-state index is -2.07. The smallest absolute Gasteiger partial charge is 0.343 e. The first-order chi connectivity index (χ1) is 56.3. The van der Waals surface area contributed by atoms with Gasteiger partial charge in [-0.1, -0.05) is 37.3 Å². The van der Waals surface area contributed by atoms with E-state index in [1.54, 1.807) is 50.2 Å². The highest BCUT2D eigenvalue weighted by atomic mass is 19.1. The molecule has 4 atom stereocenters. The molecular weight excluding hydrogens is 1530 g/mol. The Kier molecular flexibility index (Phi) is 40.1. The van der Waals surface area contributed by atoms with Gasteiger partial charge in [-0.15, -0.1) is 0 Å². The number of amides is 9. The fourth-order valence-corrected chi connectivity index (χ4v) is 12.6. The molecule has 9 N–H and O–H groups in total. The van der Waals surface area contributed by atoms with Crippen LogP contribution in [0.15, 0.2) is 59.4 Å². The van der Waals surface area contributed by atoms with Crippen LogP contribution >= 0.6 is 0 Å². The van der Waals surface area contributed by atoms with E-state index in [1.807, 2.05) is 0 Å². The summed E-state index contributed by atoms with van der Waals surface area (Å²) in [7, 11) is 0. The van der Waals surface area contributed by atoms with Gasteiger partial charge >= 0.3 is 5.97 Å². The van der Waals surface area contributed by atoms with Gasteiger partial charge in [-0.25, -0.2) is 14.2 Å². The third-order valence-corrected chi connectivity index (χ3v) is 18.8. The van der Waals surface area contributed by atoms with Gasteiger partial charge in [0.05, 0.1) is 220 Å². The van der Waals surface area contributed by atoms with Gasteiger partial charge in [0.1, 0.15) is 31.3 Å². The molecule has 37 nitrogen and oxygen atoms in total. The summed E-state index contributed by atoms with van der Waals surface area (Å²) in [6, 6.07) is 9.70. The minimum absolute atomic E-state index is 0.0201. The normalized spacial score (nSPS) is 15.7. The van der Waals surface area contributed by atoms with E-state index in [2.05, 4.69) is 37.2 Å². The molecular formula is C78H107FN10O27. The average Bonchev–Trinajstić information content (AvgIpc) is 1.49. The number of fused-ring (bicyclic) bond motifs is 5. The zero-order valence-electron chi connectivity index (χ0n) is 65.5. The van der Waals surface area contributed by atoms with Crippen LogP contribution in [0.2, 0.25) is 0 Å². The van der Waals surface area contributed by atoms with Gasteiger partial charge < -0.3 is 118 Å². The molecule has 2 aromatic carbocycles. The molecule has 38 heteroatoms. The van der Waals surface area contributed by atoms with E-state index in [-0.39, 0.29) is 108 Å². The number of ether oxygens (including phenoxy) is 14. The van der Waals surface area contributed by atoms with Crippen molar-refractivity contribution < 1.29 is 129 Å². The SMILES string of the molecule is CC[C@@]1(O)C(=O)OCc2c1cc1n(c2=O)Cc2c-1nc1cc(F)c(C)c3c1c2[C@@H](NC(=O)[C@H](O)CCOCNC(=O)CNC(=O)[C@H](Cc1ccccc1)NC(=O)CNC(=O)CNC(=O)CCOCCOCCOCCOCCOCCOCCOCCOCCOCCOCCOCCOCCNC(=O)CCN1C(=O)C=CC1=O)CC3. The van der Waals surface area contributed by atoms with E-state index < -0.39 is 108 Å². The van der Waals surface area contributed by atoms with E-state index in [1.165, 1.54) is 22.8 Å². The van der Waals surface area contributed by atoms with Crippen LogP contribution < -0.4 is 42.8 Å². The van der Waals surface area contributed by atoms with Crippen LogP contribution in [0.3, 0.4) is 0 Å². The van der Waals surface area contributed by atoms with Gasteiger partial charge in [0, 0.05) is 73.5 Å². The quantitative estimate of drug-likeness (QED) is 0.00932. The largest absolute Gasteiger partial charge is 0.458 e. The number of benzene rings is 2.